The van der Waals surface area contributed by atoms with Crippen LogP contribution < -0.4 is 0 Å². The molecule has 2 heterocycles. The van der Waals surface area contributed by atoms with Gasteiger partial charge in [0.15, 0.2) is 0 Å². The van der Waals surface area contributed by atoms with E-state index < -0.39 is 0 Å². The van der Waals surface area contributed by atoms with Crippen LogP contribution in [0.5, 0.6) is 0 Å². The van der Waals surface area contributed by atoms with Crippen LogP contribution >= 0.6 is 11.8 Å². The van der Waals surface area contributed by atoms with Crippen LogP contribution in [0.1, 0.15) is 34.8 Å². The number of piperidine rings is 1. The maximum atomic E-state index is 12.9. The van der Waals surface area contributed by atoms with Crippen molar-refractivity contribution in [3.05, 3.63) is 42.0 Å². The quantitative estimate of drug-likeness (QED) is 0.817. The lowest BCUT2D eigenvalue weighted by Gasteiger charge is -2.33. The number of amides is 1. The zero-order chi connectivity index (χ0) is 15.5. The number of hydrogen-bond acceptors (Lipinski definition) is 4. The SMILES string of the molecule is CSc1ccc(C)c(C(=O)N2CCC[C@H](n3cncn3)C2)c1. The summed E-state index contributed by atoms with van der Waals surface area (Å²) in [5, 5.41) is 4.22. The Morgan fingerprint density at radius 1 is 1.41 bits per heavy atom. The molecule has 22 heavy (non-hydrogen) atoms. The lowest BCUT2D eigenvalue weighted by atomic mass is 10.0. The molecule has 1 aromatic heterocycles. The van der Waals surface area contributed by atoms with Crippen molar-refractivity contribution in [2.75, 3.05) is 19.3 Å². The number of aryl methyl sites for hydroxylation is 1. The number of hydrogen-bond donors (Lipinski definition) is 0. The molecule has 2 aromatic rings. The fourth-order valence-electron chi connectivity index (χ4n) is 2.89. The van der Waals surface area contributed by atoms with E-state index in [1.54, 1.807) is 24.4 Å². The molecular formula is C16H20N4OS. The molecule has 1 aliphatic heterocycles. The molecular weight excluding hydrogens is 296 g/mol. The predicted molar refractivity (Wildman–Crippen MR) is 87.2 cm³/mol. The van der Waals surface area contributed by atoms with Crippen molar-refractivity contribution >= 4 is 17.7 Å². The minimum Gasteiger partial charge on any atom is -0.336 e. The van der Waals surface area contributed by atoms with Gasteiger partial charge in [0.05, 0.1) is 6.04 Å². The molecule has 1 saturated heterocycles. The molecule has 0 spiro atoms. The highest BCUT2D eigenvalue weighted by atomic mass is 32.2. The van der Waals surface area contributed by atoms with E-state index in [1.807, 2.05) is 34.9 Å². The average molecular weight is 316 g/mol. The maximum absolute atomic E-state index is 12.9. The minimum absolute atomic E-state index is 0.123. The van der Waals surface area contributed by atoms with Gasteiger partial charge in [-0.3, -0.25) is 4.79 Å². The highest BCUT2D eigenvalue weighted by molar-refractivity contribution is 7.98. The monoisotopic (exact) mass is 316 g/mol. The Balaban J connectivity index is 1.80. The Morgan fingerprint density at radius 2 is 2.27 bits per heavy atom. The Morgan fingerprint density at radius 3 is 3.00 bits per heavy atom. The summed E-state index contributed by atoms with van der Waals surface area (Å²) in [4.78, 5) is 20.0. The van der Waals surface area contributed by atoms with Crippen molar-refractivity contribution in [1.29, 1.82) is 0 Å². The number of rotatable bonds is 3. The van der Waals surface area contributed by atoms with Crippen LogP contribution in [0.3, 0.4) is 0 Å². The smallest absolute Gasteiger partial charge is 0.254 e. The van der Waals surface area contributed by atoms with Crippen molar-refractivity contribution in [2.45, 2.75) is 30.7 Å². The molecule has 6 heteroatoms. The van der Waals surface area contributed by atoms with Crippen LogP contribution in [-0.4, -0.2) is 44.9 Å². The molecule has 1 aromatic carbocycles. The minimum atomic E-state index is 0.123. The van der Waals surface area contributed by atoms with Crippen molar-refractivity contribution in [2.24, 2.45) is 0 Å². The second kappa shape index (κ2) is 6.52. The molecule has 1 fully saturated rings. The Hall–Kier alpha value is -1.82. The summed E-state index contributed by atoms with van der Waals surface area (Å²) in [5.74, 6) is 0.123. The van der Waals surface area contributed by atoms with Crippen LogP contribution in [0.2, 0.25) is 0 Å². The van der Waals surface area contributed by atoms with Gasteiger partial charge in [-0.05, 0) is 43.7 Å². The Bertz CT molecular complexity index is 656. The van der Waals surface area contributed by atoms with E-state index in [9.17, 15) is 4.79 Å². The summed E-state index contributed by atoms with van der Waals surface area (Å²) in [7, 11) is 0. The van der Waals surface area contributed by atoms with Crippen LogP contribution in [0, 0.1) is 6.92 Å². The molecule has 0 unspecified atom stereocenters. The fraction of sp³-hybridized carbons (Fsp3) is 0.438. The van der Waals surface area contributed by atoms with Gasteiger partial charge in [-0.15, -0.1) is 11.8 Å². The molecule has 1 aliphatic rings. The van der Waals surface area contributed by atoms with Crippen molar-refractivity contribution in [3.63, 3.8) is 0 Å². The third-order valence-electron chi connectivity index (χ3n) is 4.17. The zero-order valence-corrected chi connectivity index (χ0v) is 13.7. The Kier molecular flexibility index (Phi) is 4.47. The molecule has 0 aliphatic carbocycles. The summed E-state index contributed by atoms with van der Waals surface area (Å²) in [5.41, 5.74) is 1.84. The van der Waals surface area contributed by atoms with Crippen LogP contribution in [0.4, 0.5) is 0 Å². The summed E-state index contributed by atoms with van der Waals surface area (Å²) < 4.78 is 1.87. The van der Waals surface area contributed by atoms with Crippen molar-refractivity contribution in [1.82, 2.24) is 19.7 Å². The van der Waals surface area contributed by atoms with E-state index in [0.717, 1.165) is 35.4 Å². The summed E-state index contributed by atoms with van der Waals surface area (Å²) in [6, 6.07) is 6.31. The second-order valence-electron chi connectivity index (χ2n) is 5.60. The third-order valence-corrected chi connectivity index (χ3v) is 4.89. The number of thioether (sulfide) groups is 1. The average Bonchev–Trinajstić information content (AvgIpc) is 3.09. The molecule has 0 radical (unpaired) electrons. The van der Waals surface area contributed by atoms with Crippen molar-refractivity contribution < 1.29 is 4.79 Å². The van der Waals surface area contributed by atoms with Gasteiger partial charge in [-0.25, -0.2) is 9.67 Å². The first-order valence-electron chi connectivity index (χ1n) is 7.47. The topological polar surface area (TPSA) is 51.0 Å². The number of carbonyl (C=O) groups excluding carboxylic acids is 1. The lowest BCUT2D eigenvalue weighted by Crippen LogP contribution is -2.41. The number of aromatic nitrogens is 3. The van der Waals surface area contributed by atoms with Crippen LogP contribution in [-0.2, 0) is 0 Å². The number of likely N-dealkylation sites (tertiary alicyclic amines) is 1. The van der Waals surface area contributed by atoms with Crippen LogP contribution in [0.15, 0.2) is 35.7 Å². The molecule has 5 nitrogen and oxygen atoms in total. The predicted octanol–water partition coefficient (Wildman–Crippen LogP) is 2.79. The largest absolute Gasteiger partial charge is 0.336 e. The first-order valence-corrected chi connectivity index (χ1v) is 8.69. The summed E-state index contributed by atoms with van der Waals surface area (Å²) in [6.07, 6.45) is 7.35. The van der Waals surface area contributed by atoms with Gasteiger partial charge in [-0.1, -0.05) is 6.07 Å². The molecule has 116 valence electrons. The highest BCUT2D eigenvalue weighted by Gasteiger charge is 2.26. The standard InChI is InChI=1S/C16H20N4OS/c1-12-5-6-14(22-2)8-15(12)16(21)19-7-3-4-13(9-19)20-11-17-10-18-20/h5-6,8,10-11,13H,3-4,7,9H2,1-2H3/t13-/m0/s1. The number of carbonyl (C=O) groups is 1. The van der Waals surface area contributed by atoms with Gasteiger partial charge in [0, 0.05) is 23.5 Å². The zero-order valence-electron chi connectivity index (χ0n) is 12.9. The van der Waals surface area contributed by atoms with E-state index in [0.29, 0.717) is 6.54 Å². The van der Waals surface area contributed by atoms with E-state index in [1.165, 1.54) is 0 Å². The molecule has 1 amide bonds. The van der Waals surface area contributed by atoms with Gasteiger partial charge in [0.2, 0.25) is 0 Å². The maximum Gasteiger partial charge on any atom is 0.254 e. The van der Waals surface area contributed by atoms with E-state index in [4.69, 9.17) is 0 Å². The van der Waals surface area contributed by atoms with Crippen molar-refractivity contribution in [3.8, 4) is 0 Å². The molecule has 0 bridgehead atoms. The molecule has 0 saturated carbocycles. The molecule has 1 atom stereocenters. The first-order chi connectivity index (χ1) is 10.7. The van der Waals surface area contributed by atoms with Gasteiger partial charge < -0.3 is 4.90 Å². The summed E-state index contributed by atoms with van der Waals surface area (Å²) >= 11 is 1.66. The first kappa shape index (κ1) is 15.1. The Labute approximate surface area is 134 Å². The van der Waals surface area contributed by atoms with Gasteiger partial charge in [0.25, 0.3) is 5.91 Å². The van der Waals surface area contributed by atoms with E-state index in [-0.39, 0.29) is 11.9 Å². The van der Waals surface area contributed by atoms with Crippen LogP contribution in [0.25, 0.3) is 0 Å². The van der Waals surface area contributed by atoms with E-state index in [2.05, 4.69) is 16.1 Å². The van der Waals surface area contributed by atoms with E-state index >= 15 is 0 Å². The highest BCUT2D eigenvalue weighted by Crippen LogP contribution is 2.25. The normalized spacial score (nSPS) is 18.5. The van der Waals surface area contributed by atoms with Gasteiger partial charge >= 0.3 is 0 Å². The molecule has 3 rings (SSSR count). The number of benzene rings is 1. The third kappa shape index (κ3) is 3.02. The number of nitrogens with zero attached hydrogens (tertiary/aromatic N) is 4. The second-order valence-corrected chi connectivity index (χ2v) is 6.48. The summed E-state index contributed by atoms with van der Waals surface area (Å²) in [6.45, 7) is 3.51. The van der Waals surface area contributed by atoms with Gasteiger partial charge in [0.1, 0.15) is 12.7 Å². The molecule has 0 N–H and O–H groups in total. The van der Waals surface area contributed by atoms with Gasteiger partial charge in [-0.2, -0.15) is 5.10 Å². The fourth-order valence-corrected chi connectivity index (χ4v) is 3.33. The lowest BCUT2D eigenvalue weighted by molar-refractivity contribution is 0.0671.